The lowest BCUT2D eigenvalue weighted by Gasteiger charge is -2.32. The highest BCUT2D eigenvalue weighted by Crippen LogP contribution is 2.23. The summed E-state index contributed by atoms with van der Waals surface area (Å²) < 4.78 is 23.1. The zero-order valence-corrected chi connectivity index (χ0v) is 15.2. The van der Waals surface area contributed by atoms with E-state index in [9.17, 15) is 13.2 Å². The molecule has 0 aromatic heterocycles. The largest absolute Gasteiger partial charge is 0.325 e. The number of nitrogens with two attached hydrogens (primary N) is 1. The van der Waals surface area contributed by atoms with Gasteiger partial charge in [0.2, 0.25) is 15.9 Å². The predicted molar refractivity (Wildman–Crippen MR) is 94.4 cm³/mol. The average molecular weight is 354 g/mol. The third-order valence-corrected chi connectivity index (χ3v) is 5.42. The van der Waals surface area contributed by atoms with Gasteiger partial charge < -0.3 is 10.6 Å². The minimum absolute atomic E-state index is 0.00844. The Morgan fingerprint density at radius 2 is 2.08 bits per heavy atom. The van der Waals surface area contributed by atoms with E-state index in [1.54, 1.807) is 6.92 Å². The van der Waals surface area contributed by atoms with Crippen LogP contribution in [0.1, 0.15) is 24.0 Å². The summed E-state index contributed by atoms with van der Waals surface area (Å²) in [7, 11) is -1.88. The van der Waals surface area contributed by atoms with Gasteiger partial charge in [-0.05, 0) is 63.5 Å². The van der Waals surface area contributed by atoms with Crippen molar-refractivity contribution in [3.05, 3.63) is 23.3 Å². The second kappa shape index (κ2) is 7.60. The van der Waals surface area contributed by atoms with Gasteiger partial charge in [0, 0.05) is 18.3 Å². The number of likely N-dealkylation sites (N-methyl/N-ethyl adjacent to an activating group) is 1. The van der Waals surface area contributed by atoms with Crippen molar-refractivity contribution in [2.45, 2.75) is 37.6 Å². The number of amides is 1. The Labute approximate surface area is 143 Å². The van der Waals surface area contributed by atoms with E-state index >= 15 is 0 Å². The van der Waals surface area contributed by atoms with Gasteiger partial charge in [0.25, 0.3) is 0 Å². The minimum Gasteiger partial charge on any atom is -0.325 e. The maximum absolute atomic E-state index is 12.3. The van der Waals surface area contributed by atoms with Crippen molar-refractivity contribution in [2.75, 3.05) is 32.0 Å². The van der Waals surface area contributed by atoms with Gasteiger partial charge in [0.05, 0.1) is 11.4 Å². The molecule has 0 bridgehead atoms. The van der Waals surface area contributed by atoms with E-state index in [0.29, 0.717) is 11.7 Å². The van der Waals surface area contributed by atoms with Crippen molar-refractivity contribution < 1.29 is 13.2 Å². The number of likely N-dealkylation sites (tertiary alicyclic amines) is 1. The lowest BCUT2D eigenvalue weighted by atomic mass is 10.1. The molecule has 134 valence electrons. The maximum Gasteiger partial charge on any atom is 0.238 e. The van der Waals surface area contributed by atoms with Crippen LogP contribution in [0, 0.1) is 13.8 Å². The minimum atomic E-state index is -3.81. The molecule has 1 fully saturated rings. The topological polar surface area (TPSA) is 105 Å². The molecule has 0 aliphatic carbocycles. The Morgan fingerprint density at radius 3 is 2.71 bits per heavy atom. The van der Waals surface area contributed by atoms with Gasteiger partial charge in [-0.25, -0.2) is 13.6 Å². The second-order valence-electron chi connectivity index (χ2n) is 6.37. The van der Waals surface area contributed by atoms with E-state index in [0.717, 1.165) is 37.1 Å². The number of hydrogen-bond acceptors (Lipinski definition) is 5. The molecule has 24 heavy (non-hydrogen) atoms. The Morgan fingerprint density at radius 1 is 1.38 bits per heavy atom. The number of aryl methyl sites for hydroxylation is 1. The van der Waals surface area contributed by atoms with Crippen molar-refractivity contribution >= 4 is 21.6 Å². The summed E-state index contributed by atoms with van der Waals surface area (Å²) in [5, 5.41) is 11.3. The Balaban J connectivity index is 2.10. The molecule has 0 saturated carbocycles. The normalized spacial score (nSPS) is 19.2. The Bertz CT molecular complexity index is 718. The van der Waals surface area contributed by atoms with Crippen LogP contribution >= 0.6 is 0 Å². The highest BCUT2D eigenvalue weighted by Gasteiger charge is 2.21. The van der Waals surface area contributed by atoms with Crippen LogP contribution < -0.4 is 15.8 Å². The van der Waals surface area contributed by atoms with Crippen LogP contribution in [-0.2, 0) is 14.8 Å². The van der Waals surface area contributed by atoms with E-state index < -0.39 is 10.0 Å². The first-order valence-corrected chi connectivity index (χ1v) is 9.59. The standard InChI is InChI=1S/C16H26N4O3S/c1-11-7-14(24(17,22)23)8-15(12(11)2)19-16(21)10-20-6-4-5-13(9-20)18-3/h7-8,13,18H,4-6,9-10H2,1-3H3,(H,19,21)(H2,17,22,23). The quantitative estimate of drug-likeness (QED) is 0.717. The molecule has 0 radical (unpaired) electrons. The van der Waals surface area contributed by atoms with Crippen LogP contribution in [0.2, 0.25) is 0 Å². The molecule has 4 N–H and O–H groups in total. The molecule has 1 aliphatic heterocycles. The van der Waals surface area contributed by atoms with Gasteiger partial charge >= 0.3 is 0 Å². The number of hydrogen-bond donors (Lipinski definition) is 3. The number of primary sulfonamides is 1. The van der Waals surface area contributed by atoms with Crippen molar-refractivity contribution in [3.8, 4) is 0 Å². The molecule has 8 heteroatoms. The monoisotopic (exact) mass is 354 g/mol. The molecule has 1 unspecified atom stereocenters. The van der Waals surface area contributed by atoms with Gasteiger partial charge in [0.15, 0.2) is 0 Å². The zero-order chi connectivity index (χ0) is 17.9. The Kier molecular flexibility index (Phi) is 5.97. The van der Waals surface area contributed by atoms with E-state index in [4.69, 9.17) is 5.14 Å². The third-order valence-electron chi connectivity index (χ3n) is 4.52. The number of benzene rings is 1. The van der Waals surface area contributed by atoms with Gasteiger partial charge in [-0.2, -0.15) is 0 Å². The second-order valence-corrected chi connectivity index (χ2v) is 7.93. The molecule has 7 nitrogen and oxygen atoms in total. The predicted octanol–water partition coefficient (Wildman–Crippen LogP) is 0.573. The molecule has 1 saturated heterocycles. The number of rotatable bonds is 5. The fourth-order valence-corrected chi connectivity index (χ4v) is 3.57. The number of piperidine rings is 1. The third kappa shape index (κ3) is 4.76. The number of nitrogens with one attached hydrogen (secondary N) is 2. The summed E-state index contributed by atoms with van der Waals surface area (Å²) in [4.78, 5) is 14.5. The summed E-state index contributed by atoms with van der Waals surface area (Å²) in [6, 6.07) is 3.34. The maximum atomic E-state index is 12.3. The highest BCUT2D eigenvalue weighted by atomic mass is 32.2. The van der Waals surface area contributed by atoms with E-state index in [1.165, 1.54) is 12.1 Å². The van der Waals surface area contributed by atoms with Gasteiger partial charge in [-0.1, -0.05) is 0 Å². The van der Waals surface area contributed by atoms with Crippen molar-refractivity contribution in [3.63, 3.8) is 0 Å². The van der Waals surface area contributed by atoms with Crippen molar-refractivity contribution in [1.29, 1.82) is 0 Å². The van der Waals surface area contributed by atoms with Gasteiger partial charge in [0.1, 0.15) is 0 Å². The first-order chi connectivity index (χ1) is 11.2. The number of sulfonamides is 1. The number of carbonyl (C=O) groups is 1. The van der Waals surface area contributed by atoms with Crippen LogP contribution in [0.4, 0.5) is 5.69 Å². The molecule has 1 atom stereocenters. The van der Waals surface area contributed by atoms with Gasteiger partial charge in [-0.3, -0.25) is 9.69 Å². The van der Waals surface area contributed by atoms with Crippen LogP contribution in [0.3, 0.4) is 0 Å². The molecule has 1 aliphatic rings. The summed E-state index contributed by atoms with van der Waals surface area (Å²) in [5.74, 6) is -0.152. The number of anilines is 1. The molecule has 2 rings (SSSR count). The van der Waals surface area contributed by atoms with E-state index in [-0.39, 0.29) is 17.3 Å². The summed E-state index contributed by atoms with van der Waals surface area (Å²) in [6.45, 7) is 5.65. The summed E-state index contributed by atoms with van der Waals surface area (Å²) >= 11 is 0. The van der Waals surface area contributed by atoms with Crippen molar-refractivity contribution in [1.82, 2.24) is 10.2 Å². The molecule has 0 spiro atoms. The van der Waals surface area contributed by atoms with Crippen molar-refractivity contribution in [2.24, 2.45) is 5.14 Å². The number of nitrogens with zero attached hydrogens (tertiary/aromatic N) is 1. The van der Waals surface area contributed by atoms with Crippen LogP contribution in [-0.4, -0.2) is 51.9 Å². The van der Waals surface area contributed by atoms with E-state index in [2.05, 4.69) is 15.5 Å². The Hall–Kier alpha value is -1.48. The molecular weight excluding hydrogens is 328 g/mol. The molecule has 1 aromatic carbocycles. The smallest absolute Gasteiger partial charge is 0.238 e. The molecule has 1 amide bonds. The van der Waals surface area contributed by atoms with Crippen LogP contribution in [0.5, 0.6) is 0 Å². The molecular formula is C16H26N4O3S. The average Bonchev–Trinajstić information content (AvgIpc) is 2.50. The summed E-state index contributed by atoms with van der Waals surface area (Å²) in [5.41, 5.74) is 2.10. The lowest BCUT2D eigenvalue weighted by molar-refractivity contribution is -0.117. The SMILES string of the molecule is CNC1CCCN(CC(=O)Nc2cc(S(N)(=O)=O)cc(C)c2C)C1. The first-order valence-electron chi connectivity index (χ1n) is 8.04. The lowest BCUT2D eigenvalue weighted by Crippen LogP contribution is -2.46. The zero-order valence-electron chi connectivity index (χ0n) is 14.4. The van der Waals surface area contributed by atoms with Crippen LogP contribution in [0.15, 0.2) is 17.0 Å². The fourth-order valence-electron chi connectivity index (χ4n) is 2.95. The number of carbonyl (C=O) groups excluding carboxylic acids is 1. The summed E-state index contributed by atoms with van der Waals surface area (Å²) in [6.07, 6.45) is 2.17. The van der Waals surface area contributed by atoms with Gasteiger partial charge in [-0.15, -0.1) is 0 Å². The molecule has 1 aromatic rings. The van der Waals surface area contributed by atoms with E-state index in [1.807, 2.05) is 14.0 Å². The highest BCUT2D eigenvalue weighted by molar-refractivity contribution is 7.89. The first kappa shape index (κ1) is 18.9. The fraction of sp³-hybridized carbons (Fsp3) is 0.562. The van der Waals surface area contributed by atoms with Crippen LogP contribution in [0.25, 0.3) is 0 Å². The molecule has 1 heterocycles.